The van der Waals surface area contributed by atoms with Gasteiger partial charge in [0.2, 0.25) is 0 Å². The van der Waals surface area contributed by atoms with Crippen LogP contribution >= 0.6 is 23.2 Å². The molecule has 0 unspecified atom stereocenters. The molecule has 164 valence electrons. The first-order valence-electron chi connectivity index (χ1n) is 9.46. The Hall–Kier alpha value is -4.02. The molecule has 0 aliphatic rings. The smallest absolute Gasteiger partial charge is 0.177 e. The van der Waals surface area contributed by atoms with Crippen molar-refractivity contribution in [2.75, 3.05) is 0 Å². The lowest BCUT2D eigenvalue weighted by atomic mass is 10.1. The molecule has 12 heteroatoms. The summed E-state index contributed by atoms with van der Waals surface area (Å²) in [5.41, 5.74) is 1.59. The molecule has 6 rings (SSSR count). The molecule has 0 spiro atoms. The van der Waals surface area contributed by atoms with E-state index in [1.165, 1.54) is 24.5 Å². The summed E-state index contributed by atoms with van der Waals surface area (Å²) in [7, 11) is 0. The molecular weight excluding hydrogens is 474 g/mol. The molecule has 0 fully saturated rings. The summed E-state index contributed by atoms with van der Waals surface area (Å²) in [5.74, 6) is -0.730. The van der Waals surface area contributed by atoms with Gasteiger partial charge in [-0.15, -0.1) is 0 Å². The van der Waals surface area contributed by atoms with E-state index in [0.717, 1.165) is 15.7 Å². The largest absolute Gasteiger partial charge is 0.428 e. The molecule has 6 aromatic heterocycles. The van der Waals surface area contributed by atoms with Crippen molar-refractivity contribution in [1.82, 2.24) is 29.1 Å². The normalized spacial score (nSPS) is 11.8. The maximum Gasteiger partial charge on any atom is 0.177 e. The van der Waals surface area contributed by atoms with E-state index in [1.807, 2.05) is 0 Å². The van der Waals surface area contributed by atoms with E-state index in [4.69, 9.17) is 23.2 Å². The van der Waals surface area contributed by atoms with Gasteiger partial charge in [-0.3, -0.25) is 4.98 Å². The van der Waals surface area contributed by atoms with Crippen LogP contribution in [0.2, 0.25) is 10.0 Å². The lowest BCUT2D eigenvalue weighted by Crippen LogP contribution is -1.98. The number of aromatic nitrogens is 6. The highest BCUT2D eigenvalue weighted by molar-refractivity contribution is 6.39. The molecule has 6 aromatic rings. The van der Waals surface area contributed by atoms with Gasteiger partial charge in [0.25, 0.3) is 0 Å². The predicted molar refractivity (Wildman–Crippen MR) is 119 cm³/mol. The summed E-state index contributed by atoms with van der Waals surface area (Å²) in [6.07, 6.45) is 5.36. The Morgan fingerprint density at radius 1 is 0.879 bits per heavy atom. The first kappa shape index (κ1) is 19.6. The van der Waals surface area contributed by atoms with Crippen LogP contribution in [-0.4, -0.2) is 44.8 Å². The fraction of sp³-hybridized carbons (Fsp3) is 0. The van der Waals surface area contributed by atoms with E-state index in [9.17, 15) is 20.0 Å². The first-order valence-corrected chi connectivity index (χ1v) is 10.2. The Kier molecular flexibility index (Phi) is 4.01. The van der Waals surface area contributed by atoms with Gasteiger partial charge in [-0.25, -0.2) is 14.4 Å². The van der Waals surface area contributed by atoms with Gasteiger partial charge >= 0.3 is 0 Å². The van der Waals surface area contributed by atoms with Crippen molar-refractivity contribution in [3.8, 4) is 22.6 Å². The van der Waals surface area contributed by atoms with Gasteiger partial charge in [-0.1, -0.05) is 23.2 Å². The molecule has 9 nitrogen and oxygen atoms in total. The van der Waals surface area contributed by atoms with Crippen LogP contribution in [0.1, 0.15) is 0 Å². The average Bonchev–Trinajstić information content (AvgIpc) is 3.35. The van der Waals surface area contributed by atoms with Crippen LogP contribution in [0, 0.1) is 5.82 Å². The summed E-state index contributed by atoms with van der Waals surface area (Å²) >= 11 is 13.1. The zero-order valence-corrected chi connectivity index (χ0v) is 17.8. The van der Waals surface area contributed by atoms with Crippen LogP contribution < -0.4 is 0 Å². The predicted octanol–water partition coefficient (Wildman–Crippen LogP) is 5.23. The summed E-state index contributed by atoms with van der Waals surface area (Å²) in [6, 6.07) is 6.23. The minimum atomic E-state index is -0.730. The molecule has 0 bridgehead atoms. The fourth-order valence-electron chi connectivity index (χ4n) is 3.98. The van der Waals surface area contributed by atoms with Crippen LogP contribution in [0.3, 0.4) is 0 Å². The van der Waals surface area contributed by atoms with E-state index in [1.54, 1.807) is 18.3 Å². The van der Waals surface area contributed by atoms with Crippen molar-refractivity contribution < 1.29 is 20.0 Å². The minimum Gasteiger partial charge on any atom is -0.428 e. The number of halogens is 3. The summed E-state index contributed by atoms with van der Waals surface area (Å²) < 4.78 is 16.4. The number of hydrogen-bond donors (Lipinski definition) is 3. The second kappa shape index (κ2) is 6.74. The van der Waals surface area contributed by atoms with Crippen LogP contribution in [-0.2, 0) is 0 Å². The maximum absolute atomic E-state index is 14.1. The van der Waals surface area contributed by atoms with Gasteiger partial charge < -0.3 is 15.6 Å². The average molecular weight is 485 g/mol. The summed E-state index contributed by atoms with van der Waals surface area (Å²) in [5, 5.41) is 32.5. The molecule has 0 radical (unpaired) electrons. The third kappa shape index (κ3) is 2.62. The fourth-order valence-corrected chi connectivity index (χ4v) is 4.64. The summed E-state index contributed by atoms with van der Waals surface area (Å²) in [4.78, 5) is 12.5. The zero-order chi connectivity index (χ0) is 23.0. The Bertz CT molecular complexity index is 1720. The van der Waals surface area contributed by atoms with Crippen LogP contribution in [0.15, 0.2) is 49.1 Å². The number of rotatable bonds is 2. The summed E-state index contributed by atoms with van der Waals surface area (Å²) in [6.45, 7) is 0. The molecule has 0 aliphatic carbocycles. The highest BCUT2D eigenvalue weighted by Crippen LogP contribution is 2.40. The van der Waals surface area contributed by atoms with Gasteiger partial charge in [-0.2, -0.15) is 14.2 Å². The van der Waals surface area contributed by atoms with Gasteiger partial charge in [0, 0.05) is 28.7 Å². The van der Waals surface area contributed by atoms with E-state index in [0.29, 0.717) is 31.6 Å². The van der Waals surface area contributed by atoms with Crippen LogP contribution in [0.5, 0.6) is 0 Å². The monoisotopic (exact) mass is 484 g/mol. The van der Waals surface area contributed by atoms with Gasteiger partial charge in [0.05, 0.1) is 28.1 Å². The van der Waals surface area contributed by atoms with E-state index in [-0.39, 0.29) is 38.8 Å². The van der Waals surface area contributed by atoms with Gasteiger partial charge in [0.15, 0.2) is 11.5 Å². The van der Waals surface area contributed by atoms with Crippen molar-refractivity contribution in [3.63, 3.8) is 0 Å². The lowest BCUT2D eigenvalue weighted by Gasteiger charge is -2.04. The highest BCUT2D eigenvalue weighted by Gasteiger charge is 2.24. The Labute approximate surface area is 193 Å². The van der Waals surface area contributed by atoms with Crippen molar-refractivity contribution in [1.29, 1.82) is 0 Å². The molecule has 0 saturated carbocycles. The SMILES string of the molecule is On1cc(F)c2nc(-c3c(Cl)c4cc(-c5c(Cl)c6ccncc6n5O)cnc4n3O)ccc21. The molecule has 0 aliphatic heterocycles. The third-order valence-corrected chi connectivity index (χ3v) is 6.27. The topological polar surface area (TPSA) is 114 Å². The van der Waals surface area contributed by atoms with Crippen LogP contribution in [0.4, 0.5) is 4.39 Å². The van der Waals surface area contributed by atoms with Crippen molar-refractivity contribution >= 4 is 56.2 Å². The molecule has 0 aromatic carbocycles. The number of pyridine rings is 3. The molecule has 3 N–H and O–H groups in total. The quantitative estimate of drug-likeness (QED) is 0.290. The van der Waals surface area contributed by atoms with Crippen molar-refractivity contribution in [2.24, 2.45) is 0 Å². The molecule has 6 heterocycles. The number of hydrogen-bond acceptors (Lipinski definition) is 6. The zero-order valence-electron chi connectivity index (χ0n) is 16.3. The maximum atomic E-state index is 14.1. The molecule has 0 saturated heterocycles. The standard InChI is InChI=1S/C21H11Cl2FN6O3/c22-16-10-3-4-25-7-15(10)29(32)19(16)9-5-11-17(23)20(30(33)21(11)26-6-9)13-1-2-14-18(27-13)12(24)8-28(14)31/h1-8,31-33H. The molecule has 33 heavy (non-hydrogen) atoms. The van der Waals surface area contributed by atoms with Crippen molar-refractivity contribution in [3.05, 3.63) is 64.9 Å². The highest BCUT2D eigenvalue weighted by atomic mass is 35.5. The Balaban J connectivity index is 1.57. The Morgan fingerprint density at radius 2 is 1.67 bits per heavy atom. The van der Waals surface area contributed by atoms with Crippen LogP contribution in [0.25, 0.3) is 55.6 Å². The molecule has 0 atom stereocenters. The minimum absolute atomic E-state index is 0.0862. The lowest BCUT2D eigenvalue weighted by molar-refractivity contribution is 0.198. The number of fused-ring (bicyclic) bond motifs is 3. The molecular formula is C21H11Cl2FN6O3. The van der Waals surface area contributed by atoms with E-state index in [2.05, 4.69) is 15.0 Å². The van der Waals surface area contributed by atoms with E-state index >= 15 is 0 Å². The van der Waals surface area contributed by atoms with Crippen molar-refractivity contribution in [2.45, 2.75) is 0 Å². The van der Waals surface area contributed by atoms with Gasteiger partial charge in [0.1, 0.15) is 27.9 Å². The second-order valence-electron chi connectivity index (χ2n) is 7.32. The third-order valence-electron chi connectivity index (χ3n) is 5.51. The Morgan fingerprint density at radius 3 is 2.45 bits per heavy atom. The second-order valence-corrected chi connectivity index (χ2v) is 8.08. The number of nitrogens with zero attached hydrogens (tertiary/aromatic N) is 6. The first-order chi connectivity index (χ1) is 15.9. The molecule has 0 amide bonds. The van der Waals surface area contributed by atoms with Gasteiger partial charge in [-0.05, 0) is 24.3 Å². The van der Waals surface area contributed by atoms with E-state index < -0.39 is 5.82 Å².